The summed E-state index contributed by atoms with van der Waals surface area (Å²) in [6, 6.07) is 3.93. The first-order valence-corrected chi connectivity index (χ1v) is 5.71. The van der Waals surface area contributed by atoms with Crippen LogP contribution in [0.15, 0.2) is 18.3 Å². The van der Waals surface area contributed by atoms with Crippen LogP contribution in [0.1, 0.15) is 24.1 Å². The Bertz CT molecular complexity index is 325. The highest BCUT2D eigenvalue weighted by molar-refractivity contribution is 5.15. The molecular weight excluding hydrogens is 204 g/mol. The lowest BCUT2D eigenvalue weighted by molar-refractivity contribution is 0.0105. The van der Waals surface area contributed by atoms with Crippen molar-refractivity contribution in [1.29, 1.82) is 0 Å². The molecule has 88 valence electrons. The number of rotatable bonds is 5. The van der Waals surface area contributed by atoms with Gasteiger partial charge in [0.25, 0.3) is 0 Å². The monoisotopic (exact) mass is 222 g/mol. The van der Waals surface area contributed by atoms with E-state index in [1.54, 1.807) is 6.20 Å². The third kappa shape index (κ3) is 3.27. The molecular formula is C12H18N2O2. The van der Waals surface area contributed by atoms with Crippen molar-refractivity contribution in [2.75, 3.05) is 13.2 Å². The smallest absolute Gasteiger partial charge is 0.0809 e. The Kier molecular flexibility index (Phi) is 4.27. The molecule has 4 heteroatoms. The normalized spacial score (nSPS) is 20.2. The maximum absolute atomic E-state index is 5.61. The third-order valence-corrected chi connectivity index (χ3v) is 2.69. The summed E-state index contributed by atoms with van der Waals surface area (Å²) in [7, 11) is 0. The van der Waals surface area contributed by atoms with E-state index in [4.69, 9.17) is 15.2 Å². The lowest BCUT2D eigenvalue weighted by Crippen LogP contribution is -2.14. The van der Waals surface area contributed by atoms with E-state index in [0.717, 1.165) is 30.7 Å². The highest BCUT2D eigenvalue weighted by Gasteiger charge is 2.15. The van der Waals surface area contributed by atoms with Gasteiger partial charge in [0.15, 0.2) is 0 Å². The maximum atomic E-state index is 5.61. The Morgan fingerprint density at radius 3 is 3.25 bits per heavy atom. The standard InChI is InChI=1S/C12H18N2O2/c13-7-11-6-10(3-4-14-11)8-15-9-12-2-1-5-16-12/h3-4,6,12H,1-2,5,7-9,13H2. The molecule has 1 aromatic rings. The Morgan fingerprint density at radius 2 is 2.50 bits per heavy atom. The second-order valence-electron chi connectivity index (χ2n) is 4.01. The number of ether oxygens (including phenoxy) is 2. The molecule has 2 rings (SSSR count). The molecule has 0 amide bonds. The van der Waals surface area contributed by atoms with Crippen molar-refractivity contribution in [3.8, 4) is 0 Å². The van der Waals surface area contributed by atoms with E-state index in [2.05, 4.69) is 4.98 Å². The Balaban J connectivity index is 1.75. The number of pyridine rings is 1. The second-order valence-corrected chi connectivity index (χ2v) is 4.01. The molecule has 0 spiro atoms. The zero-order valence-corrected chi connectivity index (χ0v) is 9.39. The van der Waals surface area contributed by atoms with Gasteiger partial charge in [0.2, 0.25) is 0 Å². The zero-order chi connectivity index (χ0) is 11.2. The Labute approximate surface area is 95.8 Å². The topological polar surface area (TPSA) is 57.4 Å². The summed E-state index contributed by atoms with van der Waals surface area (Å²) in [5, 5.41) is 0. The highest BCUT2D eigenvalue weighted by Crippen LogP contribution is 2.13. The molecule has 0 aliphatic carbocycles. The molecule has 1 aliphatic rings. The van der Waals surface area contributed by atoms with E-state index in [9.17, 15) is 0 Å². The van der Waals surface area contributed by atoms with Gasteiger partial charge in [-0.15, -0.1) is 0 Å². The molecule has 1 aliphatic heterocycles. The minimum absolute atomic E-state index is 0.288. The van der Waals surface area contributed by atoms with Crippen molar-refractivity contribution in [2.45, 2.75) is 32.1 Å². The molecule has 2 heterocycles. The fourth-order valence-corrected chi connectivity index (χ4v) is 1.81. The van der Waals surface area contributed by atoms with Crippen LogP contribution >= 0.6 is 0 Å². The average Bonchev–Trinajstić information content (AvgIpc) is 2.82. The molecule has 1 aromatic heterocycles. The van der Waals surface area contributed by atoms with E-state index < -0.39 is 0 Å². The van der Waals surface area contributed by atoms with Crippen LogP contribution in [0.3, 0.4) is 0 Å². The van der Waals surface area contributed by atoms with Gasteiger partial charge in [0.05, 0.1) is 25.0 Å². The van der Waals surface area contributed by atoms with E-state index >= 15 is 0 Å². The Hall–Kier alpha value is -0.970. The van der Waals surface area contributed by atoms with Crippen LogP contribution in [0.4, 0.5) is 0 Å². The van der Waals surface area contributed by atoms with Crippen molar-refractivity contribution in [3.05, 3.63) is 29.6 Å². The van der Waals surface area contributed by atoms with Crippen LogP contribution in [0, 0.1) is 0 Å². The van der Waals surface area contributed by atoms with Gasteiger partial charge in [-0.3, -0.25) is 4.98 Å². The Morgan fingerprint density at radius 1 is 1.56 bits per heavy atom. The summed E-state index contributed by atoms with van der Waals surface area (Å²) < 4.78 is 11.1. The number of hydrogen-bond acceptors (Lipinski definition) is 4. The number of aromatic nitrogens is 1. The fraction of sp³-hybridized carbons (Fsp3) is 0.583. The van der Waals surface area contributed by atoms with Crippen LogP contribution in [-0.2, 0) is 22.6 Å². The first-order valence-electron chi connectivity index (χ1n) is 5.71. The SMILES string of the molecule is NCc1cc(COCC2CCCO2)ccn1. The lowest BCUT2D eigenvalue weighted by Gasteiger charge is -2.10. The summed E-state index contributed by atoms with van der Waals surface area (Å²) in [5.74, 6) is 0. The predicted molar refractivity (Wildman–Crippen MR) is 60.8 cm³/mol. The van der Waals surface area contributed by atoms with Gasteiger partial charge in [-0.2, -0.15) is 0 Å². The average molecular weight is 222 g/mol. The van der Waals surface area contributed by atoms with Crippen molar-refractivity contribution in [3.63, 3.8) is 0 Å². The first-order chi connectivity index (χ1) is 7.88. The minimum atomic E-state index is 0.288. The summed E-state index contributed by atoms with van der Waals surface area (Å²) in [6.07, 6.45) is 4.33. The molecule has 1 unspecified atom stereocenters. The summed E-state index contributed by atoms with van der Waals surface area (Å²) in [4.78, 5) is 4.14. The molecule has 0 radical (unpaired) electrons. The van der Waals surface area contributed by atoms with Gasteiger partial charge >= 0.3 is 0 Å². The van der Waals surface area contributed by atoms with Crippen LogP contribution in [0.25, 0.3) is 0 Å². The van der Waals surface area contributed by atoms with E-state index in [1.807, 2.05) is 12.1 Å². The first kappa shape index (κ1) is 11.5. The predicted octanol–water partition coefficient (Wildman–Crippen LogP) is 1.24. The van der Waals surface area contributed by atoms with Crippen LogP contribution < -0.4 is 5.73 Å². The number of nitrogens with two attached hydrogens (primary N) is 1. The van der Waals surface area contributed by atoms with Gasteiger partial charge in [-0.05, 0) is 30.5 Å². The van der Waals surface area contributed by atoms with E-state index in [0.29, 0.717) is 19.8 Å². The molecule has 1 atom stereocenters. The summed E-state index contributed by atoms with van der Waals surface area (Å²) in [5.41, 5.74) is 7.54. The largest absolute Gasteiger partial charge is 0.376 e. The molecule has 1 saturated heterocycles. The molecule has 2 N–H and O–H groups in total. The van der Waals surface area contributed by atoms with Crippen molar-refractivity contribution in [1.82, 2.24) is 4.98 Å². The molecule has 16 heavy (non-hydrogen) atoms. The quantitative estimate of drug-likeness (QED) is 0.814. The van der Waals surface area contributed by atoms with Gasteiger partial charge < -0.3 is 15.2 Å². The van der Waals surface area contributed by atoms with Crippen molar-refractivity contribution >= 4 is 0 Å². The van der Waals surface area contributed by atoms with Crippen LogP contribution in [0.5, 0.6) is 0 Å². The van der Waals surface area contributed by atoms with Crippen molar-refractivity contribution < 1.29 is 9.47 Å². The zero-order valence-electron chi connectivity index (χ0n) is 9.39. The highest BCUT2D eigenvalue weighted by atomic mass is 16.5. The minimum Gasteiger partial charge on any atom is -0.376 e. The van der Waals surface area contributed by atoms with E-state index in [-0.39, 0.29) is 6.10 Å². The second kappa shape index (κ2) is 5.94. The fourth-order valence-electron chi connectivity index (χ4n) is 1.81. The van der Waals surface area contributed by atoms with E-state index in [1.165, 1.54) is 0 Å². The summed E-state index contributed by atoms with van der Waals surface area (Å²) in [6.45, 7) is 2.63. The molecule has 1 fully saturated rings. The third-order valence-electron chi connectivity index (χ3n) is 2.69. The van der Waals surface area contributed by atoms with Crippen LogP contribution in [0.2, 0.25) is 0 Å². The van der Waals surface area contributed by atoms with Crippen LogP contribution in [-0.4, -0.2) is 24.3 Å². The van der Waals surface area contributed by atoms with Crippen molar-refractivity contribution in [2.24, 2.45) is 5.73 Å². The number of hydrogen-bond donors (Lipinski definition) is 1. The number of nitrogens with zero attached hydrogens (tertiary/aromatic N) is 1. The molecule has 0 saturated carbocycles. The maximum Gasteiger partial charge on any atom is 0.0809 e. The molecule has 4 nitrogen and oxygen atoms in total. The lowest BCUT2D eigenvalue weighted by atomic mass is 10.2. The van der Waals surface area contributed by atoms with Gasteiger partial charge in [0, 0.05) is 19.3 Å². The van der Waals surface area contributed by atoms with Gasteiger partial charge in [0.1, 0.15) is 0 Å². The molecule has 0 aromatic carbocycles. The van der Waals surface area contributed by atoms with Gasteiger partial charge in [-0.1, -0.05) is 0 Å². The van der Waals surface area contributed by atoms with Gasteiger partial charge in [-0.25, -0.2) is 0 Å². The summed E-state index contributed by atoms with van der Waals surface area (Å²) >= 11 is 0. The molecule has 0 bridgehead atoms.